The van der Waals surface area contributed by atoms with Crippen LogP contribution in [0.15, 0.2) is 46.5 Å². The van der Waals surface area contributed by atoms with Crippen LogP contribution in [0.2, 0.25) is 0 Å². The van der Waals surface area contributed by atoms with Crippen molar-refractivity contribution in [3.05, 3.63) is 52.1 Å². The zero-order valence-electron chi connectivity index (χ0n) is 11.2. The van der Waals surface area contributed by atoms with E-state index in [-0.39, 0.29) is 5.78 Å². The summed E-state index contributed by atoms with van der Waals surface area (Å²) in [6, 6.07) is 9.85. The quantitative estimate of drug-likeness (QED) is 0.720. The molecule has 0 N–H and O–H groups in total. The average Bonchev–Trinajstić information content (AvgIpc) is 2.75. The lowest BCUT2D eigenvalue weighted by Gasteiger charge is -2.07. The molecule has 102 valence electrons. The van der Waals surface area contributed by atoms with Gasteiger partial charge in [0.25, 0.3) is 0 Å². The van der Waals surface area contributed by atoms with E-state index < -0.39 is 0 Å². The summed E-state index contributed by atoms with van der Waals surface area (Å²) in [5.74, 6) is 0.0736. The van der Waals surface area contributed by atoms with Crippen molar-refractivity contribution in [1.29, 1.82) is 0 Å². The lowest BCUT2D eigenvalue weighted by atomic mass is 10.0. The molecule has 2 nitrogen and oxygen atoms in total. The van der Waals surface area contributed by atoms with E-state index in [4.69, 9.17) is 0 Å². The third kappa shape index (κ3) is 2.68. The second kappa shape index (κ2) is 5.88. The number of Topliss-reactive ketones (excluding diaryl/α,β-unsaturated/α-hetero) is 1. The number of benzene rings is 1. The number of allylic oxidation sites excluding steroid dienone is 2. The van der Waals surface area contributed by atoms with Crippen LogP contribution < -0.4 is 0 Å². The van der Waals surface area contributed by atoms with Crippen LogP contribution in [0.25, 0.3) is 10.9 Å². The van der Waals surface area contributed by atoms with Crippen molar-refractivity contribution in [2.45, 2.75) is 32.1 Å². The normalized spacial score (nSPS) is 15.8. The molecular formula is C17H16BrNO. The summed E-state index contributed by atoms with van der Waals surface area (Å²) >= 11 is 3.49. The van der Waals surface area contributed by atoms with E-state index >= 15 is 0 Å². The Bertz CT molecular complexity index is 690. The molecule has 0 amide bonds. The fraction of sp³-hybridized carbons (Fsp3) is 0.294. The van der Waals surface area contributed by atoms with Gasteiger partial charge in [0.15, 0.2) is 0 Å². The molecule has 0 saturated carbocycles. The van der Waals surface area contributed by atoms with Crippen molar-refractivity contribution in [1.82, 2.24) is 4.98 Å². The molecule has 0 spiro atoms. The standard InChI is InChI=1S/C17H16BrNO/c18-14-11-13-9-5-6-10-15(13)19-16(14)17(20)12-7-3-1-2-4-8-12/h5-7,9-11H,1-4,8H2. The molecule has 0 atom stereocenters. The van der Waals surface area contributed by atoms with Gasteiger partial charge in [-0.3, -0.25) is 4.79 Å². The van der Waals surface area contributed by atoms with Crippen molar-refractivity contribution in [2.24, 2.45) is 0 Å². The van der Waals surface area contributed by atoms with E-state index in [1.807, 2.05) is 30.3 Å². The van der Waals surface area contributed by atoms with Gasteiger partial charge in [-0.1, -0.05) is 30.7 Å². The van der Waals surface area contributed by atoms with Crippen LogP contribution in [-0.4, -0.2) is 10.8 Å². The van der Waals surface area contributed by atoms with Gasteiger partial charge in [-0.25, -0.2) is 4.98 Å². The molecule has 1 aliphatic carbocycles. The number of carbonyl (C=O) groups is 1. The maximum atomic E-state index is 12.7. The van der Waals surface area contributed by atoms with Crippen LogP contribution in [0.1, 0.15) is 42.6 Å². The number of para-hydroxylation sites is 1. The van der Waals surface area contributed by atoms with Gasteiger partial charge in [0, 0.05) is 9.86 Å². The van der Waals surface area contributed by atoms with E-state index in [1.165, 1.54) is 12.8 Å². The molecule has 1 aromatic carbocycles. The molecule has 1 heterocycles. The number of hydrogen-bond donors (Lipinski definition) is 0. The topological polar surface area (TPSA) is 30.0 Å². The predicted octanol–water partition coefficient (Wildman–Crippen LogP) is 5.07. The van der Waals surface area contributed by atoms with E-state index in [2.05, 4.69) is 27.0 Å². The van der Waals surface area contributed by atoms with Crippen LogP contribution in [0.5, 0.6) is 0 Å². The monoisotopic (exact) mass is 329 g/mol. The third-order valence-electron chi connectivity index (χ3n) is 3.73. The van der Waals surface area contributed by atoms with Gasteiger partial charge in [0.1, 0.15) is 5.69 Å². The molecule has 0 fully saturated rings. The third-order valence-corrected chi connectivity index (χ3v) is 4.33. The molecule has 0 unspecified atom stereocenters. The van der Waals surface area contributed by atoms with Crippen LogP contribution in [0, 0.1) is 0 Å². The summed E-state index contributed by atoms with van der Waals surface area (Å²) in [6.07, 6.45) is 7.47. The summed E-state index contributed by atoms with van der Waals surface area (Å²) in [7, 11) is 0. The predicted molar refractivity (Wildman–Crippen MR) is 84.9 cm³/mol. The van der Waals surface area contributed by atoms with Gasteiger partial charge in [-0.15, -0.1) is 0 Å². The first-order valence-electron chi connectivity index (χ1n) is 7.05. The van der Waals surface area contributed by atoms with Gasteiger partial charge in [-0.2, -0.15) is 0 Å². The van der Waals surface area contributed by atoms with Crippen molar-refractivity contribution in [3.8, 4) is 0 Å². The Morgan fingerprint density at radius 1 is 1.15 bits per heavy atom. The highest BCUT2D eigenvalue weighted by Crippen LogP contribution is 2.26. The number of pyridine rings is 1. The molecule has 3 heteroatoms. The van der Waals surface area contributed by atoms with Crippen molar-refractivity contribution in [3.63, 3.8) is 0 Å². The van der Waals surface area contributed by atoms with Gasteiger partial charge in [-0.05, 0) is 59.3 Å². The lowest BCUT2D eigenvalue weighted by Crippen LogP contribution is -2.07. The highest BCUT2D eigenvalue weighted by molar-refractivity contribution is 9.10. The number of hydrogen-bond acceptors (Lipinski definition) is 2. The largest absolute Gasteiger partial charge is 0.287 e. The molecule has 3 rings (SSSR count). The first kappa shape index (κ1) is 13.5. The fourth-order valence-corrected chi connectivity index (χ4v) is 3.14. The Morgan fingerprint density at radius 3 is 2.90 bits per heavy atom. The molecule has 20 heavy (non-hydrogen) atoms. The van der Waals surface area contributed by atoms with Crippen molar-refractivity contribution in [2.75, 3.05) is 0 Å². The Kier molecular flexibility index (Phi) is 3.97. The SMILES string of the molecule is O=C(C1=CCCCCC1)c1nc2ccccc2cc1Br. The zero-order chi connectivity index (χ0) is 13.9. The van der Waals surface area contributed by atoms with Crippen LogP contribution in [0.3, 0.4) is 0 Å². The molecule has 1 aromatic heterocycles. The zero-order valence-corrected chi connectivity index (χ0v) is 12.8. The summed E-state index contributed by atoms with van der Waals surface area (Å²) in [6.45, 7) is 0. The van der Waals surface area contributed by atoms with Crippen molar-refractivity contribution >= 4 is 32.6 Å². The number of aromatic nitrogens is 1. The Balaban J connectivity index is 2.02. The van der Waals surface area contributed by atoms with Crippen LogP contribution in [-0.2, 0) is 0 Å². The summed E-state index contributed by atoms with van der Waals surface area (Å²) in [4.78, 5) is 17.2. The Hall–Kier alpha value is -1.48. The van der Waals surface area contributed by atoms with E-state index in [0.717, 1.165) is 40.2 Å². The van der Waals surface area contributed by atoms with Gasteiger partial charge >= 0.3 is 0 Å². The number of nitrogens with zero attached hydrogens (tertiary/aromatic N) is 1. The van der Waals surface area contributed by atoms with E-state index in [9.17, 15) is 4.79 Å². The molecule has 0 saturated heterocycles. The highest BCUT2D eigenvalue weighted by Gasteiger charge is 2.18. The lowest BCUT2D eigenvalue weighted by molar-refractivity contribution is 0.102. The fourth-order valence-electron chi connectivity index (χ4n) is 2.62. The maximum Gasteiger partial charge on any atom is 0.208 e. The Morgan fingerprint density at radius 2 is 2.00 bits per heavy atom. The second-order valence-corrected chi connectivity index (χ2v) is 6.02. The van der Waals surface area contributed by atoms with E-state index in [1.54, 1.807) is 0 Å². The molecular weight excluding hydrogens is 314 g/mol. The summed E-state index contributed by atoms with van der Waals surface area (Å²) < 4.78 is 0.784. The maximum absolute atomic E-state index is 12.7. The molecule has 2 aromatic rings. The van der Waals surface area contributed by atoms with Gasteiger partial charge in [0.05, 0.1) is 5.52 Å². The first-order chi connectivity index (χ1) is 9.75. The molecule has 1 aliphatic rings. The Labute approximate surface area is 127 Å². The minimum Gasteiger partial charge on any atom is -0.287 e. The smallest absolute Gasteiger partial charge is 0.208 e. The second-order valence-electron chi connectivity index (χ2n) is 5.17. The average molecular weight is 330 g/mol. The van der Waals surface area contributed by atoms with Crippen LogP contribution >= 0.6 is 15.9 Å². The molecule has 0 bridgehead atoms. The molecule has 0 radical (unpaired) electrons. The molecule has 0 aliphatic heterocycles. The van der Waals surface area contributed by atoms with Crippen molar-refractivity contribution < 1.29 is 4.79 Å². The first-order valence-corrected chi connectivity index (χ1v) is 7.84. The van der Waals surface area contributed by atoms with E-state index in [0.29, 0.717) is 5.69 Å². The minimum absolute atomic E-state index is 0.0736. The number of halogens is 1. The number of carbonyl (C=O) groups excluding carboxylic acids is 1. The summed E-state index contributed by atoms with van der Waals surface area (Å²) in [5, 5.41) is 1.05. The number of ketones is 1. The van der Waals surface area contributed by atoms with Gasteiger partial charge in [0.2, 0.25) is 5.78 Å². The summed E-state index contributed by atoms with van der Waals surface area (Å²) in [5.41, 5.74) is 2.33. The minimum atomic E-state index is 0.0736. The highest BCUT2D eigenvalue weighted by atomic mass is 79.9. The number of fused-ring (bicyclic) bond motifs is 1. The number of rotatable bonds is 2. The van der Waals surface area contributed by atoms with Crippen LogP contribution in [0.4, 0.5) is 0 Å². The van der Waals surface area contributed by atoms with Gasteiger partial charge < -0.3 is 0 Å².